The maximum absolute atomic E-state index is 11.4. The third-order valence-corrected chi connectivity index (χ3v) is 3.82. The van der Waals surface area contributed by atoms with Gasteiger partial charge in [0.2, 0.25) is 5.96 Å². The molecule has 1 aromatic carbocycles. The molecule has 1 aliphatic rings. The van der Waals surface area contributed by atoms with Crippen molar-refractivity contribution in [3.63, 3.8) is 0 Å². The molecule has 1 N–H and O–H groups in total. The van der Waals surface area contributed by atoms with Gasteiger partial charge in [-0.25, -0.2) is 4.79 Å². The molecule has 0 saturated carbocycles. The normalized spacial score (nSPS) is 17.6. The van der Waals surface area contributed by atoms with Crippen molar-refractivity contribution in [1.29, 1.82) is 0 Å². The number of hydrogen-bond donors (Lipinski definition) is 1. The fourth-order valence-electron chi connectivity index (χ4n) is 2.30. The second-order valence-electron chi connectivity index (χ2n) is 4.66. The number of aliphatic imine (C=N–C) groups is 1. The molecular formula is C14H17Cl2N3O2. The largest absolute Gasteiger partial charge is 0.453 e. The minimum absolute atomic E-state index is 0.0386. The Hall–Kier alpha value is -1.46. The zero-order valence-corrected chi connectivity index (χ0v) is 13.4. The second kappa shape index (κ2) is 7.00. The summed E-state index contributed by atoms with van der Waals surface area (Å²) in [7, 11) is 1.32. The van der Waals surface area contributed by atoms with Crippen LogP contribution in [0.25, 0.3) is 0 Å². The molecule has 0 aromatic heterocycles. The summed E-state index contributed by atoms with van der Waals surface area (Å²) in [6, 6.07) is 5.33. The number of alkyl carbamates (subject to hydrolysis) is 1. The van der Waals surface area contributed by atoms with Gasteiger partial charge in [0.15, 0.2) is 0 Å². The third kappa shape index (κ3) is 3.60. The molecule has 1 aliphatic heterocycles. The van der Waals surface area contributed by atoms with Gasteiger partial charge in [0.1, 0.15) is 0 Å². The predicted octanol–water partition coefficient (Wildman–Crippen LogP) is 3.47. The van der Waals surface area contributed by atoms with Crippen molar-refractivity contribution in [2.45, 2.75) is 19.4 Å². The summed E-state index contributed by atoms with van der Waals surface area (Å²) in [5, 5.41) is 3.90. The van der Waals surface area contributed by atoms with Crippen LogP contribution in [0.1, 0.15) is 24.9 Å². The SMILES string of the molecule is CCCN1C(NC(=O)OC)=NCC1c1cc(Cl)ccc1Cl. The monoisotopic (exact) mass is 329 g/mol. The Morgan fingerprint density at radius 3 is 2.95 bits per heavy atom. The van der Waals surface area contributed by atoms with Crippen LogP contribution in [0.15, 0.2) is 23.2 Å². The smallest absolute Gasteiger partial charge is 0.413 e. The Bertz CT molecular complexity index is 563. The number of guanidine groups is 1. The van der Waals surface area contributed by atoms with E-state index in [-0.39, 0.29) is 6.04 Å². The Kier molecular flexibility index (Phi) is 5.31. The lowest BCUT2D eigenvalue weighted by Gasteiger charge is -2.28. The number of ether oxygens (including phenoxy) is 1. The minimum atomic E-state index is -0.535. The Labute approximate surface area is 133 Å². The molecule has 114 valence electrons. The number of amides is 1. The number of rotatable bonds is 3. The van der Waals surface area contributed by atoms with E-state index in [1.807, 2.05) is 11.0 Å². The van der Waals surface area contributed by atoms with E-state index in [0.717, 1.165) is 18.5 Å². The minimum Gasteiger partial charge on any atom is -0.453 e. The van der Waals surface area contributed by atoms with E-state index >= 15 is 0 Å². The standard InChI is InChI=1S/C14H17Cl2N3O2/c1-3-6-19-12(8-17-13(19)18-14(20)21-2)10-7-9(15)4-5-11(10)16/h4-5,7,12H,3,6,8H2,1-2H3,(H,17,18,20). The fourth-order valence-corrected chi connectivity index (χ4v) is 2.73. The van der Waals surface area contributed by atoms with E-state index in [1.165, 1.54) is 7.11 Å². The summed E-state index contributed by atoms with van der Waals surface area (Å²) < 4.78 is 4.62. The zero-order valence-electron chi connectivity index (χ0n) is 11.9. The maximum Gasteiger partial charge on any atom is 0.413 e. The molecule has 1 aromatic rings. The number of benzene rings is 1. The molecule has 0 spiro atoms. The molecule has 21 heavy (non-hydrogen) atoms. The molecule has 1 unspecified atom stereocenters. The number of carbonyl (C=O) groups excluding carboxylic acids is 1. The van der Waals surface area contributed by atoms with Crippen molar-refractivity contribution in [1.82, 2.24) is 10.2 Å². The van der Waals surface area contributed by atoms with Gasteiger partial charge in [-0.3, -0.25) is 10.3 Å². The van der Waals surface area contributed by atoms with Gasteiger partial charge in [-0.15, -0.1) is 0 Å². The van der Waals surface area contributed by atoms with Crippen LogP contribution >= 0.6 is 23.2 Å². The maximum atomic E-state index is 11.4. The van der Waals surface area contributed by atoms with Crippen molar-refractivity contribution in [2.75, 3.05) is 20.2 Å². The highest BCUT2D eigenvalue weighted by Gasteiger charge is 2.31. The molecule has 1 heterocycles. The Balaban J connectivity index is 2.25. The van der Waals surface area contributed by atoms with Crippen LogP contribution in [0.5, 0.6) is 0 Å². The summed E-state index contributed by atoms with van der Waals surface area (Å²) >= 11 is 12.3. The van der Waals surface area contributed by atoms with Gasteiger partial charge < -0.3 is 9.64 Å². The molecule has 1 amide bonds. The first-order valence-electron chi connectivity index (χ1n) is 6.67. The molecule has 0 bridgehead atoms. The van der Waals surface area contributed by atoms with E-state index in [9.17, 15) is 4.79 Å². The van der Waals surface area contributed by atoms with Gasteiger partial charge in [0.05, 0.1) is 19.7 Å². The van der Waals surface area contributed by atoms with Gasteiger partial charge in [0.25, 0.3) is 0 Å². The molecule has 0 radical (unpaired) electrons. The fraction of sp³-hybridized carbons (Fsp3) is 0.429. The number of methoxy groups -OCH3 is 1. The molecule has 7 heteroatoms. The lowest BCUT2D eigenvalue weighted by molar-refractivity contribution is 0.175. The second-order valence-corrected chi connectivity index (χ2v) is 5.50. The van der Waals surface area contributed by atoms with Crippen molar-refractivity contribution in [3.05, 3.63) is 33.8 Å². The van der Waals surface area contributed by atoms with E-state index in [2.05, 4.69) is 22.0 Å². The van der Waals surface area contributed by atoms with E-state index in [1.54, 1.807) is 12.1 Å². The first-order chi connectivity index (χ1) is 10.1. The Morgan fingerprint density at radius 1 is 1.52 bits per heavy atom. The summed E-state index contributed by atoms with van der Waals surface area (Å²) in [5.74, 6) is 0.504. The van der Waals surface area contributed by atoms with Crippen molar-refractivity contribution >= 4 is 35.3 Å². The van der Waals surface area contributed by atoms with Crippen LogP contribution in [-0.4, -0.2) is 37.2 Å². The van der Waals surface area contributed by atoms with Crippen molar-refractivity contribution < 1.29 is 9.53 Å². The van der Waals surface area contributed by atoms with Crippen LogP contribution in [0.3, 0.4) is 0 Å². The quantitative estimate of drug-likeness (QED) is 0.923. The zero-order chi connectivity index (χ0) is 15.4. The molecule has 1 atom stereocenters. The highest BCUT2D eigenvalue weighted by atomic mass is 35.5. The van der Waals surface area contributed by atoms with Gasteiger partial charge in [-0.05, 0) is 30.2 Å². The molecule has 5 nitrogen and oxygen atoms in total. The van der Waals surface area contributed by atoms with Crippen LogP contribution < -0.4 is 5.32 Å². The summed E-state index contributed by atoms with van der Waals surface area (Å²) in [6.45, 7) is 3.32. The average Bonchev–Trinajstić information content (AvgIpc) is 2.85. The number of nitrogens with one attached hydrogen (secondary N) is 1. The molecule has 2 rings (SSSR count). The Morgan fingerprint density at radius 2 is 2.29 bits per heavy atom. The lowest BCUT2D eigenvalue weighted by Crippen LogP contribution is -2.43. The van der Waals surface area contributed by atoms with Gasteiger partial charge in [0, 0.05) is 16.6 Å². The molecular weight excluding hydrogens is 313 g/mol. The highest BCUT2D eigenvalue weighted by Crippen LogP contribution is 2.33. The van der Waals surface area contributed by atoms with Crippen LogP contribution in [0.4, 0.5) is 4.79 Å². The van der Waals surface area contributed by atoms with E-state index < -0.39 is 6.09 Å². The first kappa shape index (κ1) is 15.9. The average molecular weight is 330 g/mol. The summed E-state index contributed by atoms with van der Waals surface area (Å²) in [6.07, 6.45) is 0.379. The predicted molar refractivity (Wildman–Crippen MR) is 84.0 cm³/mol. The van der Waals surface area contributed by atoms with E-state index in [0.29, 0.717) is 22.5 Å². The molecule has 0 fully saturated rings. The van der Waals surface area contributed by atoms with Gasteiger partial charge in [-0.2, -0.15) is 0 Å². The molecule has 0 aliphatic carbocycles. The third-order valence-electron chi connectivity index (χ3n) is 3.24. The van der Waals surface area contributed by atoms with Crippen molar-refractivity contribution in [2.24, 2.45) is 4.99 Å². The van der Waals surface area contributed by atoms with Gasteiger partial charge >= 0.3 is 6.09 Å². The van der Waals surface area contributed by atoms with Crippen LogP contribution in [0, 0.1) is 0 Å². The number of hydrogen-bond acceptors (Lipinski definition) is 4. The van der Waals surface area contributed by atoms with E-state index in [4.69, 9.17) is 23.2 Å². The van der Waals surface area contributed by atoms with Gasteiger partial charge in [-0.1, -0.05) is 30.1 Å². The molecule has 0 saturated heterocycles. The van der Waals surface area contributed by atoms with Crippen LogP contribution in [0.2, 0.25) is 10.0 Å². The van der Waals surface area contributed by atoms with Crippen molar-refractivity contribution in [3.8, 4) is 0 Å². The van der Waals surface area contributed by atoms with Crippen LogP contribution in [-0.2, 0) is 4.74 Å². The lowest BCUT2D eigenvalue weighted by atomic mass is 10.1. The topological polar surface area (TPSA) is 53.9 Å². The number of carbonyl (C=O) groups is 1. The summed E-state index contributed by atoms with van der Waals surface area (Å²) in [4.78, 5) is 17.8. The number of halogens is 2. The highest BCUT2D eigenvalue weighted by molar-refractivity contribution is 6.33. The summed E-state index contributed by atoms with van der Waals surface area (Å²) in [5.41, 5.74) is 0.906. The first-order valence-corrected chi connectivity index (χ1v) is 7.43. The number of nitrogens with zero attached hydrogens (tertiary/aromatic N) is 2.